The third-order valence-electron chi connectivity index (χ3n) is 12.3. The number of halogens is 2. The van der Waals surface area contributed by atoms with Crippen molar-refractivity contribution in [3.8, 4) is 11.1 Å². The average Bonchev–Trinajstić information content (AvgIpc) is 3.91. The van der Waals surface area contributed by atoms with Gasteiger partial charge >= 0.3 is 0 Å². The number of carbonyl (C=O) groups is 4. The van der Waals surface area contributed by atoms with Gasteiger partial charge in [0.2, 0.25) is 17.7 Å². The molecule has 1 unspecified atom stereocenters. The first-order valence-corrected chi connectivity index (χ1v) is 19.2. The Morgan fingerprint density at radius 3 is 2.42 bits per heavy atom. The Kier molecular flexibility index (Phi) is 8.69. The third-order valence-corrected chi connectivity index (χ3v) is 12.3. The van der Waals surface area contributed by atoms with Crippen molar-refractivity contribution in [1.82, 2.24) is 24.9 Å². The molecule has 13 heteroatoms. The summed E-state index contributed by atoms with van der Waals surface area (Å²) in [5.41, 5.74) is 9.84. The fourth-order valence-electron chi connectivity index (χ4n) is 9.42. The van der Waals surface area contributed by atoms with Crippen LogP contribution in [0.15, 0.2) is 54.9 Å². The highest BCUT2D eigenvalue weighted by Gasteiger charge is 2.41. The molecule has 0 saturated carbocycles. The highest BCUT2D eigenvalue weighted by molar-refractivity contribution is 6.06. The topological polar surface area (TPSA) is 111 Å². The summed E-state index contributed by atoms with van der Waals surface area (Å²) in [6.45, 7) is 5.12. The van der Waals surface area contributed by atoms with Crippen LogP contribution in [0, 0.1) is 0 Å². The van der Waals surface area contributed by atoms with E-state index in [4.69, 9.17) is 0 Å². The second-order valence-electron chi connectivity index (χ2n) is 15.5. The van der Waals surface area contributed by atoms with Gasteiger partial charge in [0.1, 0.15) is 6.04 Å². The number of nitrogens with one attached hydrogen (secondary N) is 1. The van der Waals surface area contributed by atoms with E-state index in [1.165, 1.54) is 5.56 Å². The summed E-state index contributed by atoms with van der Waals surface area (Å²) in [6.07, 6.45) is 4.65. The Bertz CT molecular complexity index is 2260. The molecule has 55 heavy (non-hydrogen) atoms. The van der Waals surface area contributed by atoms with Crippen molar-refractivity contribution in [3.05, 3.63) is 93.8 Å². The van der Waals surface area contributed by atoms with E-state index in [-0.39, 0.29) is 35.6 Å². The molecule has 4 aromatic rings. The molecule has 0 spiro atoms. The fraction of sp³-hybridized carbons (Fsp3) is 0.405. The molecule has 5 aliphatic rings. The van der Waals surface area contributed by atoms with Gasteiger partial charge in [-0.1, -0.05) is 12.1 Å². The van der Waals surface area contributed by atoms with Crippen LogP contribution in [-0.2, 0) is 47.5 Å². The van der Waals surface area contributed by atoms with E-state index in [0.717, 1.165) is 78.1 Å². The number of benzene rings is 3. The number of anilines is 3. The zero-order valence-corrected chi connectivity index (χ0v) is 31.0. The number of alkyl halides is 2. The van der Waals surface area contributed by atoms with E-state index in [2.05, 4.69) is 32.3 Å². The molecule has 11 nitrogen and oxygen atoms in total. The van der Waals surface area contributed by atoms with Crippen LogP contribution in [0.1, 0.15) is 95.1 Å². The van der Waals surface area contributed by atoms with E-state index < -0.39 is 18.4 Å². The third kappa shape index (κ3) is 6.13. The molecule has 1 atom stereocenters. The van der Waals surface area contributed by atoms with Crippen LogP contribution in [0.4, 0.5) is 25.8 Å². The Balaban J connectivity index is 1.01. The lowest BCUT2D eigenvalue weighted by Crippen LogP contribution is -2.52. The van der Waals surface area contributed by atoms with Crippen molar-refractivity contribution >= 4 is 40.7 Å². The number of amides is 4. The van der Waals surface area contributed by atoms with Gasteiger partial charge in [-0.3, -0.25) is 29.2 Å². The van der Waals surface area contributed by atoms with E-state index in [9.17, 15) is 28.0 Å². The molecule has 0 bridgehead atoms. The predicted molar refractivity (Wildman–Crippen MR) is 202 cm³/mol. The number of carbonyl (C=O) groups excluding carboxylic acids is 4. The maximum absolute atomic E-state index is 14.7. The minimum Gasteiger partial charge on any atom is -0.371 e. The summed E-state index contributed by atoms with van der Waals surface area (Å²) in [4.78, 5) is 58.6. The second-order valence-corrected chi connectivity index (χ2v) is 15.5. The number of nitrogens with zero attached hydrogens (tertiary/aromatic N) is 6. The van der Waals surface area contributed by atoms with Gasteiger partial charge in [0.05, 0.1) is 6.20 Å². The molecule has 9 rings (SSSR count). The number of rotatable bonds is 6. The molecular weight excluding hydrogens is 705 g/mol. The number of fused-ring (bicyclic) bond motifs is 3. The molecule has 284 valence electrons. The van der Waals surface area contributed by atoms with Gasteiger partial charge < -0.3 is 19.6 Å². The van der Waals surface area contributed by atoms with Crippen LogP contribution in [0.5, 0.6) is 0 Å². The molecule has 2 saturated heterocycles. The molecule has 0 aliphatic carbocycles. The van der Waals surface area contributed by atoms with Crippen LogP contribution >= 0.6 is 0 Å². The normalized spacial score (nSPS) is 19.9. The maximum Gasteiger partial charge on any atom is 0.264 e. The van der Waals surface area contributed by atoms with E-state index >= 15 is 0 Å². The van der Waals surface area contributed by atoms with Crippen LogP contribution in [0.25, 0.3) is 11.1 Å². The summed E-state index contributed by atoms with van der Waals surface area (Å²) >= 11 is 0. The highest BCUT2D eigenvalue weighted by Crippen LogP contribution is 2.46. The van der Waals surface area contributed by atoms with Crippen LogP contribution in [0.3, 0.4) is 0 Å². The molecule has 5 aliphatic heterocycles. The van der Waals surface area contributed by atoms with Gasteiger partial charge in [0, 0.05) is 111 Å². The minimum absolute atomic E-state index is 0.00203. The zero-order valence-electron chi connectivity index (χ0n) is 31.0. The molecular formula is C42H43F2N7O4. The molecule has 1 N–H and O–H groups in total. The Labute approximate surface area is 317 Å². The van der Waals surface area contributed by atoms with Crippen molar-refractivity contribution in [2.24, 2.45) is 7.05 Å². The van der Waals surface area contributed by atoms with Gasteiger partial charge in [-0.25, -0.2) is 8.78 Å². The number of hydrogen-bond acceptors (Lipinski definition) is 7. The SMILES string of the molecule is CC(=O)N1Cc2cc(C3CCN(c4cccc5c4CN(C4CCC(=O)NC4=O)C5=O)CC3)cc(N3CCCc4cc(-c5cnn(C)c5)c(C(F)F)cc43)c2C1. The van der Waals surface area contributed by atoms with Gasteiger partial charge in [-0.15, -0.1) is 0 Å². The average molecular weight is 748 g/mol. The largest absolute Gasteiger partial charge is 0.371 e. The molecule has 4 amide bonds. The van der Waals surface area contributed by atoms with Crippen LogP contribution in [0.2, 0.25) is 0 Å². The minimum atomic E-state index is -2.66. The van der Waals surface area contributed by atoms with Crippen LogP contribution < -0.4 is 15.1 Å². The molecule has 2 fully saturated rings. The quantitative estimate of drug-likeness (QED) is 0.237. The number of aryl methyl sites for hydroxylation is 2. The summed E-state index contributed by atoms with van der Waals surface area (Å²) in [5, 5.41) is 6.62. The zero-order chi connectivity index (χ0) is 38.1. The predicted octanol–water partition coefficient (Wildman–Crippen LogP) is 6.12. The van der Waals surface area contributed by atoms with Gasteiger partial charge in [-0.05, 0) is 90.6 Å². The lowest BCUT2D eigenvalue weighted by Gasteiger charge is -2.37. The Hall–Kier alpha value is -5.59. The maximum atomic E-state index is 14.7. The summed E-state index contributed by atoms with van der Waals surface area (Å²) in [6, 6.07) is 13.2. The van der Waals surface area contributed by atoms with E-state index in [1.54, 1.807) is 42.0 Å². The first-order chi connectivity index (χ1) is 26.5. The summed E-state index contributed by atoms with van der Waals surface area (Å²) < 4.78 is 31.1. The summed E-state index contributed by atoms with van der Waals surface area (Å²) in [5.74, 6) is -0.671. The second kappa shape index (κ2) is 13.6. The number of hydrogen-bond donors (Lipinski definition) is 1. The first kappa shape index (κ1) is 35.1. The van der Waals surface area contributed by atoms with Crippen molar-refractivity contribution in [1.29, 1.82) is 0 Å². The van der Waals surface area contributed by atoms with Crippen molar-refractivity contribution in [2.45, 2.75) is 83.5 Å². The van der Waals surface area contributed by atoms with Crippen molar-refractivity contribution in [3.63, 3.8) is 0 Å². The molecule has 1 aromatic heterocycles. The number of aromatic nitrogens is 2. The Morgan fingerprint density at radius 1 is 0.873 bits per heavy atom. The van der Waals surface area contributed by atoms with Crippen molar-refractivity contribution < 1.29 is 28.0 Å². The number of imide groups is 1. The van der Waals surface area contributed by atoms with Gasteiger partial charge in [0.25, 0.3) is 12.3 Å². The fourth-order valence-corrected chi connectivity index (χ4v) is 9.42. The number of piperidine rings is 2. The summed E-state index contributed by atoms with van der Waals surface area (Å²) in [7, 11) is 1.78. The lowest BCUT2D eigenvalue weighted by molar-refractivity contribution is -0.137. The highest BCUT2D eigenvalue weighted by atomic mass is 19.3. The standard InChI is InChI=1S/C42H43F2N7O4/c1-24(52)49-21-28-15-27(17-38(33(28)22-49)50-12-4-5-26-16-31(29-19-45-47(2)20-29)32(40(43)44)18-37(26)50)25-10-13-48(14-11-25)35-7-3-6-30-34(35)23-51(42(30)55)36-8-9-39(53)46-41(36)54/h3,6-7,15-20,25,36,40H,4-5,8-14,21-23H2,1-2H3,(H,46,53,54). The van der Waals surface area contributed by atoms with E-state index in [1.807, 2.05) is 29.2 Å². The van der Waals surface area contributed by atoms with E-state index in [0.29, 0.717) is 49.3 Å². The molecule has 3 aromatic carbocycles. The van der Waals surface area contributed by atoms with Gasteiger partial charge in [-0.2, -0.15) is 5.10 Å². The Morgan fingerprint density at radius 2 is 1.69 bits per heavy atom. The van der Waals surface area contributed by atoms with Gasteiger partial charge in [0.15, 0.2) is 0 Å². The first-order valence-electron chi connectivity index (χ1n) is 19.2. The van der Waals surface area contributed by atoms with Crippen LogP contribution in [-0.4, -0.2) is 68.9 Å². The monoisotopic (exact) mass is 747 g/mol. The lowest BCUT2D eigenvalue weighted by atomic mass is 9.86. The van der Waals surface area contributed by atoms with Crippen molar-refractivity contribution in [2.75, 3.05) is 29.4 Å². The smallest absolute Gasteiger partial charge is 0.264 e. The molecule has 0 radical (unpaired) electrons. The molecule has 6 heterocycles.